The Labute approximate surface area is 108 Å². The zero-order valence-corrected chi connectivity index (χ0v) is 10.2. The number of carboxylic acids is 1. The van der Waals surface area contributed by atoms with E-state index in [1.165, 1.54) is 12.1 Å². The molecule has 0 aliphatic heterocycles. The molecule has 0 radical (unpaired) electrons. The summed E-state index contributed by atoms with van der Waals surface area (Å²) in [5.74, 6) is -4.35. The van der Waals surface area contributed by atoms with Gasteiger partial charge >= 0.3 is 11.9 Å². The molecule has 0 aliphatic carbocycles. The maximum absolute atomic E-state index is 13.4. The van der Waals surface area contributed by atoms with Crippen LogP contribution < -0.4 is 0 Å². The van der Waals surface area contributed by atoms with E-state index in [1.54, 1.807) is 6.92 Å². The Morgan fingerprint density at radius 1 is 1.37 bits per heavy atom. The number of rotatable bonds is 5. The van der Waals surface area contributed by atoms with Gasteiger partial charge in [0.2, 0.25) is 0 Å². The zero-order valence-electron chi connectivity index (χ0n) is 10.2. The van der Waals surface area contributed by atoms with Crippen LogP contribution in [0.3, 0.4) is 0 Å². The van der Waals surface area contributed by atoms with Crippen molar-refractivity contribution in [2.75, 3.05) is 6.61 Å². The van der Waals surface area contributed by atoms with Gasteiger partial charge in [-0.3, -0.25) is 4.79 Å². The molecule has 102 valence electrons. The fraction of sp³-hybridized carbons (Fsp3) is 0.231. The monoisotopic (exact) mass is 270 g/mol. The van der Waals surface area contributed by atoms with Crippen LogP contribution in [0.2, 0.25) is 0 Å². The van der Waals surface area contributed by atoms with E-state index in [2.05, 4.69) is 4.74 Å². The van der Waals surface area contributed by atoms with Gasteiger partial charge < -0.3 is 9.84 Å². The van der Waals surface area contributed by atoms with Crippen molar-refractivity contribution in [1.29, 1.82) is 0 Å². The standard InChI is InChI=1S/C13H12F2O4/c1-2-19-13(18)9(7-11(16)17)6-8-4-3-5-10(14)12(8)15/h3-6H,2,7H2,1H3,(H,16,17)/b9-6+. The molecule has 0 aliphatic rings. The first-order valence-electron chi connectivity index (χ1n) is 5.49. The van der Waals surface area contributed by atoms with Crippen molar-refractivity contribution in [3.05, 3.63) is 41.0 Å². The van der Waals surface area contributed by atoms with Gasteiger partial charge in [0.25, 0.3) is 0 Å². The van der Waals surface area contributed by atoms with Crippen LogP contribution in [-0.2, 0) is 14.3 Å². The number of carbonyl (C=O) groups excluding carboxylic acids is 1. The summed E-state index contributed by atoms with van der Waals surface area (Å²) in [5, 5.41) is 8.69. The maximum atomic E-state index is 13.4. The second-order valence-corrected chi connectivity index (χ2v) is 3.60. The molecule has 0 saturated carbocycles. The Morgan fingerprint density at radius 2 is 2.05 bits per heavy atom. The number of benzene rings is 1. The molecule has 1 N–H and O–H groups in total. The van der Waals surface area contributed by atoms with Crippen LogP contribution in [0.4, 0.5) is 8.78 Å². The number of hydrogen-bond acceptors (Lipinski definition) is 3. The van der Waals surface area contributed by atoms with Crippen LogP contribution in [0.15, 0.2) is 23.8 Å². The lowest BCUT2D eigenvalue weighted by molar-refractivity contribution is -0.142. The molecule has 1 rings (SSSR count). The molecular formula is C13H12F2O4. The summed E-state index contributed by atoms with van der Waals surface area (Å²) in [4.78, 5) is 22.2. The summed E-state index contributed by atoms with van der Waals surface area (Å²) in [6.45, 7) is 1.61. The van der Waals surface area contributed by atoms with E-state index in [0.717, 1.165) is 12.1 Å². The van der Waals surface area contributed by atoms with Crippen molar-refractivity contribution in [2.24, 2.45) is 0 Å². The predicted molar refractivity (Wildman–Crippen MR) is 63.2 cm³/mol. The lowest BCUT2D eigenvalue weighted by Gasteiger charge is -2.05. The van der Waals surface area contributed by atoms with E-state index >= 15 is 0 Å². The van der Waals surface area contributed by atoms with Gasteiger partial charge in [-0.2, -0.15) is 0 Å². The number of halogens is 2. The molecule has 1 aromatic carbocycles. The second kappa shape index (κ2) is 6.63. The van der Waals surface area contributed by atoms with Crippen molar-refractivity contribution in [3.63, 3.8) is 0 Å². The Kier molecular flexibility index (Phi) is 5.17. The maximum Gasteiger partial charge on any atom is 0.334 e. The molecule has 4 nitrogen and oxygen atoms in total. The second-order valence-electron chi connectivity index (χ2n) is 3.60. The number of esters is 1. The van der Waals surface area contributed by atoms with Crippen LogP contribution in [0, 0.1) is 11.6 Å². The van der Waals surface area contributed by atoms with Crippen molar-refractivity contribution >= 4 is 18.0 Å². The summed E-state index contributed by atoms with van der Waals surface area (Å²) >= 11 is 0. The first-order chi connectivity index (χ1) is 8.95. The van der Waals surface area contributed by atoms with Gasteiger partial charge in [-0.05, 0) is 19.1 Å². The predicted octanol–water partition coefficient (Wildman–Crippen LogP) is 2.39. The third-order valence-electron chi connectivity index (χ3n) is 2.19. The lowest BCUT2D eigenvalue weighted by Crippen LogP contribution is -2.11. The fourth-order valence-electron chi connectivity index (χ4n) is 1.39. The summed E-state index contributed by atoms with van der Waals surface area (Å²) in [6.07, 6.45) is 0.347. The molecule has 0 fully saturated rings. The van der Waals surface area contributed by atoms with Crippen LogP contribution in [0.1, 0.15) is 18.9 Å². The van der Waals surface area contributed by atoms with Crippen LogP contribution >= 0.6 is 0 Å². The van der Waals surface area contributed by atoms with E-state index in [0.29, 0.717) is 0 Å². The minimum absolute atomic E-state index is 0.0570. The molecule has 0 atom stereocenters. The van der Waals surface area contributed by atoms with Crippen LogP contribution in [0.5, 0.6) is 0 Å². The molecule has 0 heterocycles. The fourth-order valence-corrected chi connectivity index (χ4v) is 1.39. The van der Waals surface area contributed by atoms with Gasteiger partial charge in [0, 0.05) is 11.1 Å². The average molecular weight is 270 g/mol. The molecule has 0 aromatic heterocycles. The molecular weight excluding hydrogens is 258 g/mol. The summed E-state index contributed by atoms with van der Waals surface area (Å²) in [6, 6.07) is 3.42. The SMILES string of the molecule is CCOC(=O)/C(=C/c1cccc(F)c1F)CC(=O)O. The van der Waals surface area contributed by atoms with E-state index in [4.69, 9.17) is 5.11 Å². The molecule has 1 aromatic rings. The van der Waals surface area contributed by atoms with E-state index in [9.17, 15) is 18.4 Å². The Bertz CT molecular complexity index is 523. The number of aliphatic carboxylic acids is 1. The van der Waals surface area contributed by atoms with Gasteiger partial charge in [0.05, 0.1) is 13.0 Å². The highest BCUT2D eigenvalue weighted by Crippen LogP contribution is 2.17. The topological polar surface area (TPSA) is 63.6 Å². The average Bonchev–Trinajstić information content (AvgIpc) is 2.33. The molecule has 0 spiro atoms. The molecule has 6 heteroatoms. The third-order valence-corrected chi connectivity index (χ3v) is 2.19. The van der Waals surface area contributed by atoms with Crippen molar-refractivity contribution in [2.45, 2.75) is 13.3 Å². The molecule has 0 bridgehead atoms. The van der Waals surface area contributed by atoms with E-state index < -0.39 is 30.0 Å². The van der Waals surface area contributed by atoms with Crippen LogP contribution in [0.25, 0.3) is 6.08 Å². The Balaban J connectivity index is 3.15. The van der Waals surface area contributed by atoms with Crippen molar-refractivity contribution in [1.82, 2.24) is 0 Å². The Morgan fingerprint density at radius 3 is 2.63 bits per heavy atom. The molecule has 0 saturated heterocycles. The first kappa shape index (κ1) is 14.8. The van der Waals surface area contributed by atoms with Crippen LogP contribution in [-0.4, -0.2) is 23.7 Å². The summed E-state index contributed by atoms with van der Waals surface area (Å²) < 4.78 is 31.1. The van der Waals surface area contributed by atoms with Gasteiger partial charge in [-0.1, -0.05) is 12.1 Å². The number of carbonyl (C=O) groups is 2. The van der Waals surface area contributed by atoms with Gasteiger partial charge in [0.1, 0.15) is 0 Å². The van der Waals surface area contributed by atoms with Gasteiger partial charge in [-0.25, -0.2) is 13.6 Å². The van der Waals surface area contributed by atoms with E-state index in [1.807, 2.05) is 0 Å². The molecule has 0 amide bonds. The highest BCUT2D eigenvalue weighted by Gasteiger charge is 2.16. The van der Waals surface area contributed by atoms with E-state index in [-0.39, 0.29) is 17.7 Å². The highest BCUT2D eigenvalue weighted by molar-refractivity contribution is 5.98. The van der Waals surface area contributed by atoms with Crippen molar-refractivity contribution in [3.8, 4) is 0 Å². The summed E-state index contributed by atoms with van der Waals surface area (Å²) in [7, 11) is 0. The third kappa shape index (κ3) is 4.17. The summed E-state index contributed by atoms with van der Waals surface area (Å²) in [5.41, 5.74) is -0.455. The van der Waals surface area contributed by atoms with Crippen molar-refractivity contribution < 1.29 is 28.2 Å². The quantitative estimate of drug-likeness (QED) is 0.659. The first-order valence-corrected chi connectivity index (χ1v) is 5.49. The zero-order chi connectivity index (χ0) is 14.4. The lowest BCUT2D eigenvalue weighted by atomic mass is 10.1. The normalized spacial score (nSPS) is 11.2. The Hall–Kier alpha value is -2.24. The number of carboxylic acid groups (broad SMARTS) is 1. The minimum atomic E-state index is -1.27. The van der Waals surface area contributed by atoms with Gasteiger partial charge in [-0.15, -0.1) is 0 Å². The highest BCUT2D eigenvalue weighted by atomic mass is 19.2. The number of ether oxygens (including phenoxy) is 1. The van der Waals surface area contributed by atoms with Gasteiger partial charge in [0.15, 0.2) is 11.6 Å². The minimum Gasteiger partial charge on any atom is -0.481 e. The largest absolute Gasteiger partial charge is 0.481 e. The number of hydrogen-bond donors (Lipinski definition) is 1. The molecule has 19 heavy (non-hydrogen) atoms. The molecule has 0 unspecified atom stereocenters. The smallest absolute Gasteiger partial charge is 0.334 e.